The van der Waals surface area contributed by atoms with Gasteiger partial charge in [0.15, 0.2) is 0 Å². The molecule has 0 fully saturated rings. The van der Waals surface area contributed by atoms with Gasteiger partial charge in [0.25, 0.3) is 0 Å². The molecule has 0 unspecified atom stereocenters. The summed E-state index contributed by atoms with van der Waals surface area (Å²) in [6, 6.07) is 6.82. The van der Waals surface area contributed by atoms with E-state index >= 15 is 0 Å². The van der Waals surface area contributed by atoms with Crippen LogP contribution in [0.3, 0.4) is 0 Å². The fourth-order valence-corrected chi connectivity index (χ4v) is 1.43. The largest absolute Gasteiger partial charge is 0.462 e. The summed E-state index contributed by atoms with van der Waals surface area (Å²) in [5.41, 5.74) is 1.27. The van der Waals surface area contributed by atoms with Gasteiger partial charge in [-0.25, -0.2) is 4.79 Å². The molecule has 0 aromatic heterocycles. The molecule has 0 saturated carbocycles. The van der Waals surface area contributed by atoms with Crippen molar-refractivity contribution in [3.63, 3.8) is 0 Å². The molecule has 5 nitrogen and oxygen atoms in total. The summed E-state index contributed by atoms with van der Waals surface area (Å²) in [5, 5.41) is 5.63. The predicted octanol–water partition coefficient (Wildman–Crippen LogP) is 1.97. The summed E-state index contributed by atoms with van der Waals surface area (Å²) >= 11 is 0. The van der Waals surface area contributed by atoms with Crippen molar-refractivity contribution in [3.05, 3.63) is 42.5 Å². The van der Waals surface area contributed by atoms with Crippen LogP contribution in [0, 0.1) is 0 Å². The third-order valence-corrected chi connectivity index (χ3v) is 2.45. The average Bonchev–Trinajstić information content (AvgIpc) is 2.49. The van der Waals surface area contributed by atoms with E-state index in [1.165, 1.54) is 0 Å². The van der Waals surface area contributed by atoms with Crippen molar-refractivity contribution in [3.8, 4) is 0 Å². The highest BCUT2D eigenvalue weighted by Crippen LogP contribution is 2.10. The third-order valence-electron chi connectivity index (χ3n) is 2.45. The van der Waals surface area contributed by atoms with Gasteiger partial charge in [-0.05, 0) is 30.7 Å². The average molecular weight is 276 g/mol. The van der Waals surface area contributed by atoms with E-state index in [0.717, 1.165) is 12.1 Å². The number of ether oxygens (including phenoxy) is 1. The molecule has 20 heavy (non-hydrogen) atoms. The molecule has 0 spiro atoms. The lowest BCUT2D eigenvalue weighted by atomic mass is 10.2. The minimum Gasteiger partial charge on any atom is -0.462 e. The van der Waals surface area contributed by atoms with E-state index in [1.807, 2.05) is 6.92 Å². The minimum atomic E-state index is -0.331. The van der Waals surface area contributed by atoms with Gasteiger partial charge in [0.2, 0.25) is 5.91 Å². The van der Waals surface area contributed by atoms with E-state index in [9.17, 15) is 9.59 Å². The number of benzene rings is 1. The van der Waals surface area contributed by atoms with Crippen molar-refractivity contribution < 1.29 is 14.3 Å². The van der Waals surface area contributed by atoms with Gasteiger partial charge in [-0.15, -0.1) is 6.58 Å². The maximum absolute atomic E-state index is 11.6. The summed E-state index contributed by atoms with van der Waals surface area (Å²) in [4.78, 5) is 23.0. The van der Waals surface area contributed by atoms with Crippen molar-refractivity contribution in [2.75, 3.05) is 25.0 Å². The van der Waals surface area contributed by atoms with Crippen LogP contribution >= 0.6 is 0 Å². The molecule has 108 valence electrons. The molecule has 1 aromatic carbocycles. The molecule has 1 amide bonds. The summed E-state index contributed by atoms with van der Waals surface area (Å²) in [7, 11) is 0. The quantitative estimate of drug-likeness (QED) is 0.562. The number of hydrogen-bond donors (Lipinski definition) is 2. The molecule has 1 aromatic rings. The lowest BCUT2D eigenvalue weighted by Crippen LogP contribution is -2.29. The van der Waals surface area contributed by atoms with Gasteiger partial charge in [0.1, 0.15) is 0 Å². The second-order valence-electron chi connectivity index (χ2n) is 4.16. The Morgan fingerprint density at radius 2 is 2.00 bits per heavy atom. The van der Waals surface area contributed by atoms with Crippen molar-refractivity contribution >= 4 is 17.6 Å². The smallest absolute Gasteiger partial charge is 0.338 e. The first kappa shape index (κ1) is 15.8. The number of esters is 1. The molecule has 0 radical (unpaired) electrons. The highest BCUT2D eigenvalue weighted by atomic mass is 16.5. The fourth-order valence-electron chi connectivity index (χ4n) is 1.43. The number of carbonyl (C=O) groups is 2. The van der Waals surface area contributed by atoms with Gasteiger partial charge in [-0.2, -0.15) is 0 Å². The van der Waals surface area contributed by atoms with Gasteiger partial charge >= 0.3 is 5.97 Å². The van der Waals surface area contributed by atoms with Crippen LogP contribution < -0.4 is 10.6 Å². The Morgan fingerprint density at radius 1 is 1.30 bits per heavy atom. The third kappa shape index (κ3) is 5.56. The standard InChI is InChI=1S/C15H20N2O3/c1-3-9-16-14(18)11-17-13-7-5-12(6-8-13)15(19)20-10-4-2/h3,5-8,17H,1,4,9-11H2,2H3,(H,16,18). The predicted molar refractivity (Wildman–Crippen MR) is 78.7 cm³/mol. The molecule has 0 heterocycles. The Labute approximate surface area is 119 Å². The molecule has 0 saturated heterocycles. The second kappa shape index (κ2) is 8.74. The van der Waals surface area contributed by atoms with Gasteiger partial charge in [0.05, 0.1) is 18.7 Å². The molecule has 0 aliphatic heterocycles. The molecule has 0 aliphatic carbocycles. The SMILES string of the molecule is C=CCNC(=O)CNc1ccc(C(=O)OCCC)cc1. The maximum atomic E-state index is 11.6. The van der Waals surface area contributed by atoms with Gasteiger partial charge in [-0.1, -0.05) is 13.0 Å². The number of hydrogen-bond acceptors (Lipinski definition) is 4. The van der Waals surface area contributed by atoms with Gasteiger partial charge in [0, 0.05) is 12.2 Å². The fraction of sp³-hybridized carbons (Fsp3) is 0.333. The molecule has 0 aliphatic rings. The molecule has 5 heteroatoms. The highest BCUT2D eigenvalue weighted by molar-refractivity contribution is 5.90. The highest BCUT2D eigenvalue weighted by Gasteiger charge is 2.06. The lowest BCUT2D eigenvalue weighted by molar-refractivity contribution is -0.119. The maximum Gasteiger partial charge on any atom is 0.338 e. The first-order valence-electron chi connectivity index (χ1n) is 6.56. The normalized spacial score (nSPS) is 9.65. The van der Waals surface area contributed by atoms with E-state index in [-0.39, 0.29) is 18.4 Å². The Morgan fingerprint density at radius 3 is 2.60 bits per heavy atom. The van der Waals surface area contributed by atoms with Crippen LogP contribution in [0.15, 0.2) is 36.9 Å². The zero-order valence-corrected chi connectivity index (χ0v) is 11.6. The summed E-state index contributed by atoms with van der Waals surface area (Å²) in [6.07, 6.45) is 2.42. The van der Waals surface area contributed by atoms with Crippen LogP contribution in [-0.4, -0.2) is 31.6 Å². The number of amides is 1. The monoisotopic (exact) mass is 276 g/mol. The van der Waals surface area contributed by atoms with Crippen molar-refractivity contribution in [2.45, 2.75) is 13.3 Å². The van der Waals surface area contributed by atoms with Crippen molar-refractivity contribution in [1.82, 2.24) is 5.32 Å². The molecule has 0 atom stereocenters. The first-order valence-corrected chi connectivity index (χ1v) is 6.56. The van der Waals surface area contributed by atoms with E-state index in [1.54, 1.807) is 30.3 Å². The first-order chi connectivity index (χ1) is 9.67. The molecule has 1 rings (SSSR count). The van der Waals surface area contributed by atoms with Crippen molar-refractivity contribution in [1.29, 1.82) is 0 Å². The summed E-state index contributed by atoms with van der Waals surface area (Å²) < 4.78 is 5.03. The number of nitrogens with one attached hydrogen (secondary N) is 2. The molecular formula is C15H20N2O3. The van der Waals surface area contributed by atoms with E-state index in [4.69, 9.17) is 4.74 Å². The molecule has 2 N–H and O–H groups in total. The minimum absolute atomic E-state index is 0.115. The Kier molecular flexibility index (Phi) is 6.89. The van der Waals surface area contributed by atoms with Crippen LogP contribution in [-0.2, 0) is 9.53 Å². The molecular weight excluding hydrogens is 256 g/mol. The topological polar surface area (TPSA) is 67.4 Å². The summed E-state index contributed by atoms with van der Waals surface area (Å²) in [5.74, 6) is -0.446. The van der Waals surface area contributed by atoms with Crippen LogP contribution in [0.1, 0.15) is 23.7 Å². The zero-order chi connectivity index (χ0) is 14.8. The Bertz CT molecular complexity index is 455. The second-order valence-corrected chi connectivity index (χ2v) is 4.16. The van der Waals surface area contributed by atoms with Crippen LogP contribution in [0.25, 0.3) is 0 Å². The number of carbonyl (C=O) groups excluding carboxylic acids is 2. The van der Waals surface area contributed by atoms with Crippen LogP contribution in [0.4, 0.5) is 5.69 Å². The van der Waals surface area contributed by atoms with E-state index < -0.39 is 0 Å². The Balaban J connectivity index is 2.44. The number of rotatable bonds is 8. The van der Waals surface area contributed by atoms with Crippen molar-refractivity contribution in [2.24, 2.45) is 0 Å². The van der Waals surface area contributed by atoms with E-state index in [0.29, 0.717) is 18.7 Å². The summed E-state index contributed by atoms with van der Waals surface area (Å²) in [6.45, 7) is 6.50. The Hall–Kier alpha value is -2.30. The number of anilines is 1. The van der Waals surface area contributed by atoms with Gasteiger partial charge < -0.3 is 15.4 Å². The van der Waals surface area contributed by atoms with E-state index in [2.05, 4.69) is 17.2 Å². The van der Waals surface area contributed by atoms with Gasteiger partial charge in [-0.3, -0.25) is 4.79 Å². The molecule has 0 bridgehead atoms. The lowest BCUT2D eigenvalue weighted by Gasteiger charge is -2.07. The van der Waals surface area contributed by atoms with Crippen LogP contribution in [0.5, 0.6) is 0 Å². The zero-order valence-electron chi connectivity index (χ0n) is 11.6. The van der Waals surface area contributed by atoms with Crippen LogP contribution in [0.2, 0.25) is 0 Å².